The van der Waals surface area contributed by atoms with Gasteiger partial charge in [-0.25, -0.2) is 15.8 Å². The van der Waals surface area contributed by atoms with Crippen molar-refractivity contribution in [3.8, 4) is 11.4 Å². The molecule has 3 N–H and O–H groups in total. The average molecular weight is 276 g/mol. The fourth-order valence-electron chi connectivity index (χ4n) is 2.04. The molecule has 2 aromatic heterocycles. The first-order valence-electron chi connectivity index (χ1n) is 6.17. The van der Waals surface area contributed by atoms with Gasteiger partial charge in [0.2, 0.25) is 0 Å². The second-order valence-corrected chi connectivity index (χ2v) is 5.75. The van der Waals surface area contributed by atoms with Crippen molar-refractivity contribution in [3.05, 3.63) is 23.7 Å². The lowest BCUT2D eigenvalue weighted by atomic mass is 10.2. The number of nitrogens with zero attached hydrogens (tertiary/aromatic N) is 4. The molecule has 0 atom stereocenters. The third kappa shape index (κ3) is 2.19. The van der Waals surface area contributed by atoms with E-state index < -0.39 is 0 Å². The summed E-state index contributed by atoms with van der Waals surface area (Å²) in [5.74, 6) is 8.79. The maximum absolute atomic E-state index is 5.55. The van der Waals surface area contributed by atoms with Gasteiger partial charge in [0.15, 0.2) is 5.82 Å². The van der Waals surface area contributed by atoms with Crippen molar-refractivity contribution in [3.63, 3.8) is 0 Å². The number of hydrazine groups is 1. The topological polar surface area (TPSA) is 81.7 Å². The number of nitrogens with two attached hydrogens (primary N) is 1. The van der Waals surface area contributed by atoms with E-state index in [0.29, 0.717) is 11.9 Å². The molecule has 0 fully saturated rings. The Bertz CT molecular complexity index is 606. The van der Waals surface area contributed by atoms with Gasteiger partial charge in [0.05, 0.1) is 17.5 Å². The third-order valence-electron chi connectivity index (χ3n) is 3.10. The van der Waals surface area contributed by atoms with Gasteiger partial charge in [-0.05, 0) is 13.8 Å². The highest BCUT2D eigenvalue weighted by atomic mass is 32.2. The van der Waals surface area contributed by atoms with E-state index in [1.807, 2.05) is 22.6 Å². The summed E-state index contributed by atoms with van der Waals surface area (Å²) in [6, 6.07) is 0.325. The molecule has 6 nitrogen and oxygen atoms in total. The number of aromatic nitrogens is 4. The van der Waals surface area contributed by atoms with Crippen LogP contribution in [-0.4, -0.2) is 19.7 Å². The van der Waals surface area contributed by atoms with Gasteiger partial charge in [0, 0.05) is 29.3 Å². The molecule has 0 saturated carbocycles. The quantitative estimate of drug-likeness (QED) is 0.658. The summed E-state index contributed by atoms with van der Waals surface area (Å²) >= 11 is 1.83. The molecule has 0 amide bonds. The van der Waals surface area contributed by atoms with Crippen molar-refractivity contribution < 1.29 is 0 Å². The molecule has 2 aromatic rings. The first-order valence-corrected chi connectivity index (χ1v) is 7.33. The SMILES string of the molecule is CC(C)n1cc(-c2nc3c(c(NN)n2)CSC3)cn1. The molecular weight excluding hydrogens is 260 g/mol. The number of hydrogen-bond donors (Lipinski definition) is 2. The highest BCUT2D eigenvalue weighted by molar-refractivity contribution is 7.98. The number of anilines is 1. The molecule has 1 aliphatic heterocycles. The van der Waals surface area contributed by atoms with Gasteiger partial charge in [-0.2, -0.15) is 16.9 Å². The van der Waals surface area contributed by atoms with Crippen LogP contribution in [0.3, 0.4) is 0 Å². The van der Waals surface area contributed by atoms with Crippen LogP contribution in [-0.2, 0) is 11.5 Å². The summed E-state index contributed by atoms with van der Waals surface area (Å²) < 4.78 is 1.90. The monoisotopic (exact) mass is 276 g/mol. The maximum atomic E-state index is 5.55. The van der Waals surface area contributed by atoms with E-state index in [1.54, 1.807) is 6.20 Å². The predicted molar refractivity (Wildman–Crippen MR) is 76.4 cm³/mol. The van der Waals surface area contributed by atoms with Crippen molar-refractivity contribution in [2.75, 3.05) is 5.43 Å². The number of hydrogen-bond acceptors (Lipinski definition) is 6. The number of thioether (sulfide) groups is 1. The van der Waals surface area contributed by atoms with Crippen LogP contribution < -0.4 is 11.3 Å². The van der Waals surface area contributed by atoms with Crippen LogP contribution >= 0.6 is 11.8 Å². The largest absolute Gasteiger partial charge is 0.308 e. The van der Waals surface area contributed by atoms with Crippen LogP contribution in [0.25, 0.3) is 11.4 Å². The third-order valence-corrected chi connectivity index (χ3v) is 4.07. The molecule has 100 valence electrons. The molecular formula is C12H16N6S. The van der Waals surface area contributed by atoms with Crippen LogP contribution in [0.5, 0.6) is 0 Å². The van der Waals surface area contributed by atoms with E-state index in [-0.39, 0.29) is 0 Å². The standard InChI is InChI=1S/C12H16N6S/c1-7(2)18-4-8(3-14-18)11-15-10-6-19-5-9(10)12(16-11)17-13/h3-4,7H,5-6,13H2,1-2H3,(H,15,16,17). The van der Waals surface area contributed by atoms with Crippen molar-refractivity contribution >= 4 is 17.6 Å². The lowest BCUT2D eigenvalue weighted by Gasteiger charge is -2.07. The Hall–Kier alpha value is -1.60. The zero-order chi connectivity index (χ0) is 13.4. The summed E-state index contributed by atoms with van der Waals surface area (Å²) in [5, 5.41) is 4.32. The molecule has 0 spiro atoms. The zero-order valence-corrected chi connectivity index (χ0v) is 11.7. The van der Waals surface area contributed by atoms with Crippen LogP contribution in [0.4, 0.5) is 5.82 Å². The zero-order valence-electron chi connectivity index (χ0n) is 10.9. The Labute approximate surface area is 115 Å². The van der Waals surface area contributed by atoms with Crippen LogP contribution in [0.1, 0.15) is 31.1 Å². The molecule has 3 heterocycles. The van der Waals surface area contributed by atoms with Gasteiger partial charge >= 0.3 is 0 Å². The molecule has 19 heavy (non-hydrogen) atoms. The summed E-state index contributed by atoms with van der Waals surface area (Å²) in [6.07, 6.45) is 3.76. The van der Waals surface area contributed by atoms with Crippen molar-refractivity contribution in [1.29, 1.82) is 0 Å². The van der Waals surface area contributed by atoms with E-state index in [4.69, 9.17) is 5.84 Å². The fraction of sp³-hybridized carbons (Fsp3) is 0.417. The van der Waals surface area contributed by atoms with Crippen LogP contribution in [0.15, 0.2) is 12.4 Å². The Balaban J connectivity index is 2.05. The Morgan fingerprint density at radius 2 is 2.21 bits per heavy atom. The molecule has 0 aromatic carbocycles. The van der Waals surface area contributed by atoms with Gasteiger partial charge in [-0.15, -0.1) is 0 Å². The van der Waals surface area contributed by atoms with Crippen molar-refractivity contribution in [2.24, 2.45) is 5.84 Å². The summed E-state index contributed by atoms with van der Waals surface area (Å²) in [5.41, 5.74) is 5.78. The molecule has 0 bridgehead atoms. The molecule has 0 unspecified atom stereocenters. The van der Waals surface area contributed by atoms with E-state index in [9.17, 15) is 0 Å². The summed E-state index contributed by atoms with van der Waals surface area (Å²) in [4.78, 5) is 9.12. The second-order valence-electron chi connectivity index (χ2n) is 4.76. The first-order chi connectivity index (χ1) is 9.19. The maximum Gasteiger partial charge on any atom is 0.165 e. The number of nitrogens with one attached hydrogen (secondary N) is 1. The molecule has 3 rings (SSSR count). The van der Waals surface area contributed by atoms with Crippen molar-refractivity contribution in [1.82, 2.24) is 19.7 Å². The Morgan fingerprint density at radius 3 is 2.89 bits per heavy atom. The Kier molecular flexibility index (Phi) is 3.16. The van der Waals surface area contributed by atoms with E-state index in [0.717, 1.165) is 34.1 Å². The fourth-order valence-corrected chi connectivity index (χ4v) is 3.08. The van der Waals surface area contributed by atoms with Gasteiger partial charge in [0.25, 0.3) is 0 Å². The average Bonchev–Trinajstić information content (AvgIpc) is 3.05. The lowest BCUT2D eigenvalue weighted by Crippen LogP contribution is -2.12. The Morgan fingerprint density at radius 1 is 1.37 bits per heavy atom. The van der Waals surface area contributed by atoms with Gasteiger partial charge < -0.3 is 5.43 Å². The molecule has 0 aliphatic carbocycles. The number of fused-ring (bicyclic) bond motifs is 1. The second kappa shape index (κ2) is 4.82. The van der Waals surface area contributed by atoms with E-state index in [2.05, 4.69) is 34.3 Å². The van der Waals surface area contributed by atoms with Gasteiger partial charge in [-0.3, -0.25) is 4.68 Å². The van der Waals surface area contributed by atoms with Crippen LogP contribution in [0, 0.1) is 0 Å². The van der Waals surface area contributed by atoms with Crippen LogP contribution in [0.2, 0.25) is 0 Å². The minimum atomic E-state index is 0.325. The highest BCUT2D eigenvalue weighted by Gasteiger charge is 2.20. The summed E-state index contributed by atoms with van der Waals surface area (Å²) in [6.45, 7) is 4.17. The first kappa shape index (κ1) is 12.4. The predicted octanol–water partition coefficient (Wildman–Crippen LogP) is 1.95. The molecule has 7 heteroatoms. The lowest BCUT2D eigenvalue weighted by molar-refractivity contribution is 0.532. The smallest absolute Gasteiger partial charge is 0.165 e. The number of rotatable bonds is 3. The van der Waals surface area contributed by atoms with E-state index >= 15 is 0 Å². The summed E-state index contributed by atoms with van der Waals surface area (Å²) in [7, 11) is 0. The number of nitrogen functional groups attached to an aromatic ring is 1. The molecule has 0 saturated heterocycles. The minimum absolute atomic E-state index is 0.325. The van der Waals surface area contributed by atoms with E-state index in [1.165, 1.54) is 0 Å². The van der Waals surface area contributed by atoms with Gasteiger partial charge in [-0.1, -0.05) is 0 Å². The molecule has 1 aliphatic rings. The minimum Gasteiger partial charge on any atom is -0.308 e. The van der Waals surface area contributed by atoms with Gasteiger partial charge in [0.1, 0.15) is 5.82 Å². The highest BCUT2D eigenvalue weighted by Crippen LogP contribution is 2.34. The van der Waals surface area contributed by atoms with Crippen molar-refractivity contribution in [2.45, 2.75) is 31.4 Å². The molecule has 0 radical (unpaired) electrons. The normalized spacial score (nSPS) is 13.9.